The lowest BCUT2D eigenvalue weighted by Gasteiger charge is -2.31. The number of hydrogen-bond acceptors (Lipinski definition) is 25. The van der Waals surface area contributed by atoms with Gasteiger partial charge < -0.3 is 128 Å². The Morgan fingerprint density at radius 3 is 1.47 bits per heavy atom. The van der Waals surface area contributed by atoms with E-state index < -0.39 is 248 Å². The Bertz CT molecular complexity index is 3130. The van der Waals surface area contributed by atoms with E-state index in [-0.39, 0.29) is 62.8 Å². The molecule has 0 unspecified atom stereocenters. The van der Waals surface area contributed by atoms with Crippen molar-refractivity contribution in [3.63, 3.8) is 0 Å². The lowest BCUT2D eigenvalue weighted by molar-refractivity contribution is -0.143. The normalized spacial score (nSPS) is 16.8. The summed E-state index contributed by atoms with van der Waals surface area (Å²) in [5, 5.41) is 82.0. The Morgan fingerprint density at radius 1 is 0.514 bits per heavy atom. The van der Waals surface area contributed by atoms with Crippen molar-refractivity contribution in [3.05, 3.63) is 0 Å². The molecule has 16 atom stereocenters. The molecule has 0 aromatic rings. The van der Waals surface area contributed by atoms with Crippen LogP contribution in [-0.2, 0) is 81.5 Å². The Kier molecular flexibility index (Phi) is 43.1. The van der Waals surface area contributed by atoms with Crippen molar-refractivity contribution < 1.29 is 107 Å². The van der Waals surface area contributed by atoms with Gasteiger partial charge in [0.25, 0.3) is 0 Å². The van der Waals surface area contributed by atoms with Crippen LogP contribution >= 0.6 is 24.4 Å². The van der Waals surface area contributed by atoms with Crippen molar-refractivity contribution in [1.82, 2.24) is 79.3 Å². The van der Waals surface area contributed by atoms with E-state index in [4.69, 9.17) is 28.0 Å². The molecule has 0 bridgehead atoms. The van der Waals surface area contributed by atoms with Crippen LogP contribution in [0.25, 0.3) is 0 Å². The molecular weight excluding hydrogens is 1450 g/mol. The summed E-state index contributed by atoms with van der Waals surface area (Å²) in [7, 11) is 0. The summed E-state index contributed by atoms with van der Waals surface area (Å²) in [5.74, 6) is -19.2. The van der Waals surface area contributed by atoms with Gasteiger partial charge in [-0.25, -0.2) is 4.79 Å². The minimum absolute atomic E-state index is 0.00285. The number of carbonyl (C=O) groups excluding carboxylic acids is 16. The second-order valence-electron chi connectivity index (χ2n) is 26.5. The number of carboxylic acids is 1. The van der Waals surface area contributed by atoms with Crippen LogP contribution < -0.4 is 97.4 Å². The van der Waals surface area contributed by atoms with Crippen molar-refractivity contribution in [2.45, 2.75) is 211 Å². The lowest BCUT2D eigenvalue weighted by atomic mass is 9.99. The fourth-order valence-electron chi connectivity index (χ4n) is 10.2. The van der Waals surface area contributed by atoms with Crippen molar-refractivity contribution in [1.29, 1.82) is 0 Å². The second-order valence-corrected chi connectivity index (χ2v) is 27.8. The van der Waals surface area contributed by atoms with Crippen LogP contribution in [0.4, 0.5) is 0 Å². The third-order valence-corrected chi connectivity index (χ3v) is 17.2. The van der Waals surface area contributed by atoms with Gasteiger partial charge >= 0.3 is 5.97 Å². The quantitative estimate of drug-likeness (QED) is 0.0116. The van der Waals surface area contributed by atoms with E-state index in [9.17, 15) is 102 Å². The molecule has 606 valence electrons. The Morgan fingerprint density at radius 2 is 0.972 bits per heavy atom. The zero-order valence-electron chi connectivity index (χ0n) is 61.8. The number of carboxylic acid groups (broad SMARTS) is 1. The largest absolute Gasteiger partial charge is 0.480 e. The van der Waals surface area contributed by atoms with Gasteiger partial charge in [0.05, 0.1) is 38.9 Å². The molecule has 0 radical (unpaired) electrons. The summed E-state index contributed by atoms with van der Waals surface area (Å²) in [4.78, 5) is 231. The maximum atomic E-state index is 14.1. The minimum atomic E-state index is -1.84. The molecular formula is C63H110N20O22S2. The molecule has 27 N–H and O–H groups in total. The van der Waals surface area contributed by atoms with Crippen LogP contribution in [0.1, 0.15) is 114 Å². The molecule has 0 saturated carbocycles. The molecule has 0 aromatic carbocycles. The summed E-state index contributed by atoms with van der Waals surface area (Å²) < 4.78 is 0. The summed E-state index contributed by atoms with van der Waals surface area (Å²) in [6.07, 6.45) is -0.491. The number of carbonyl (C=O) groups is 17. The Hall–Kier alpha value is -9.24. The first-order valence-corrected chi connectivity index (χ1v) is 36.5. The highest BCUT2D eigenvalue weighted by Gasteiger charge is 2.41. The number of nitrogens with one attached hydrogen (secondary N) is 14. The summed E-state index contributed by atoms with van der Waals surface area (Å²) in [6.45, 7) is 11.0. The van der Waals surface area contributed by atoms with Gasteiger partial charge in [-0.3, -0.25) is 81.7 Å². The smallest absolute Gasteiger partial charge is 0.328 e. The highest BCUT2D eigenvalue weighted by molar-refractivity contribution is 7.98. The van der Waals surface area contributed by atoms with E-state index in [2.05, 4.69) is 86.7 Å². The molecule has 1 heterocycles. The molecule has 1 saturated heterocycles. The number of aliphatic imine (C=N–C) groups is 1. The van der Waals surface area contributed by atoms with Crippen LogP contribution in [0.5, 0.6) is 0 Å². The third-order valence-electron chi connectivity index (χ3n) is 16.2. The maximum Gasteiger partial charge on any atom is 0.328 e. The average molecular weight is 1560 g/mol. The van der Waals surface area contributed by atoms with Crippen molar-refractivity contribution in [2.75, 3.05) is 57.2 Å². The van der Waals surface area contributed by atoms with Crippen LogP contribution in [0, 0.1) is 17.8 Å². The van der Waals surface area contributed by atoms with Gasteiger partial charge in [0, 0.05) is 18.8 Å². The zero-order valence-corrected chi connectivity index (χ0v) is 63.5. The first-order valence-electron chi connectivity index (χ1n) is 34.5. The number of nitrogens with two attached hydrogens (primary N) is 4. The summed E-state index contributed by atoms with van der Waals surface area (Å²) in [5.41, 5.74) is 21.7. The average Bonchev–Trinajstić information content (AvgIpc) is 1.69. The molecule has 0 spiro atoms. The number of aliphatic carboxylic acids is 1. The van der Waals surface area contributed by atoms with E-state index in [0.29, 0.717) is 6.42 Å². The Labute approximate surface area is 628 Å². The van der Waals surface area contributed by atoms with E-state index >= 15 is 0 Å². The fraction of sp³-hybridized carbons (Fsp3) is 0.714. The predicted octanol–water partition coefficient (Wildman–Crippen LogP) is -10.8. The number of amides is 16. The molecule has 42 nitrogen and oxygen atoms in total. The number of thioether (sulfide) groups is 1. The number of thiol groups is 1. The van der Waals surface area contributed by atoms with Gasteiger partial charge in [0.15, 0.2) is 5.96 Å². The van der Waals surface area contributed by atoms with Gasteiger partial charge in [0.1, 0.15) is 90.6 Å². The lowest BCUT2D eigenvalue weighted by Crippen LogP contribution is -2.62. The maximum absolute atomic E-state index is 14.1. The topological polar surface area (TPSA) is 679 Å². The second kappa shape index (κ2) is 48.1. The van der Waals surface area contributed by atoms with Gasteiger partial charge in [-0.1, -0.05) is 41.5 Å². The fourth-order valence-corrected chi connectivity index (χ4v) is 10.9. The van der Waals surface area contributed by atoms with Crippen molar-refractivity contribution >= 4 is 131 Å². The number of aliphatic hydroxyl groups is 4. The van der Waals surface area contributed by atoms with E-state index in [0.717, 1.165) is 6.92 Å². The van der Waals surface area contributed by atoms with Gasteiger partial charge in [-0.2, -0.15) is 24.4 Å². The summed E-state index contributed by atoms with van der Waals surface area (Å²) >= 11 is 5.49. The standard InChI is InChI=1S/C63H110N20O22S2/c1-27(2)20-37(76-57(99)42-15-13-18-83(42)61(103)32(9)72-48(90)30(7)70-50(92)34(64)23-84)54(96)81-46(29(5)6)59(101)82-47(33(10)87)60(102)71-31(8)49(91)74-36(16-19-107-11)53(95)79-41(26-106)56(98)75-35(14-12-17-68-63(66)67)52(94)77-39(24-85)51(93)69-22-44(89)73-38(21-43(65)88)55(97)80-45(28(3)4)58(100)78-40(25-86)62(104)105/h27-42,45-47,84-87,106H,12-26,64H2,1-11H3,(H2,65,88)(H,69,93)(H,70,92)(H,71,102)(H,72,90)(H,73,89)(H,74,91)(H,75,98)(H,76,99)(H,77,94)(H,78,100)(H,79,95)(H,80,97)(H,81,96)(H,82,101)(H,104,105)(H4,66,67,68)/t30-,31-,32-,33+,34-,35-,36-,37-,38-,39-,40-,41-,42-,45-,46-,47-/m0/s1. The van der Waals surface area contributed by atoms with Crippen LogP contribution in [0.15, 0.2) is 4.99 Å². The zero-order chi connectivity index (χ0) is 81.9. The number of rotatable bonds is 48. The van der Waals surface area contributed by atoms with Gasteiger partial charge in [-0.15, -0.1) is 0 Å². The minimum Gasteiger partial charge on any atom is -0.480 e. The van der Waals surface area contributed by atoms with E-state index in [1.807, 2.05) is 5.32 Å². The number of likely N-dealkylation sites (tertiary alicyclic amines) is 1. The monoisotopic (exact) mass is 1560 g/mol. The number of guanidine groups is 1. The molecule has 1 aliphatic rings. The Balaban J connectivity index is 3.27. The van der Waals surface area contributed by atoms with Gasteiger partial charge in [0.2, 0.25) is 94.5 Å². The van der Waals surface area contributed by atoms with Crippen molar-refractivity contribution in [3.8, 4) is 0 Å². The highest BCUT2D eigenvalue weighted by atomic mass is 32.2. The molecule has 1 aliphatic heterocycles. The van der Waals surface area contributed by atoms with E-state index in [1.54, 1.807) is 34.0 Å². The van der Waals surface area contributed by atoms with Crippen molar-refractivity contribution in [2.24, 2.45) is 45.7 Å². The number of aliphatic hydroxyl groups excluding tert-OH is 4. The molecule has 44 heteroatoms. The van der Waals surface area contributed by atoms with Gasteiger partial charge in [-0.05, 0) is 96.0 Å². The first kappa shape index (κ1) is 95.8. The number of primary amides is 1. The molecule has 0 aromatic heterocycles. The first-order chi connectivity index (χ1) is 50.0. The highest BCUT2D eigenvalue weighted by Crippen LogP contribution is 2.20. The van der Waals surface area contributed by atoms with Crippen LogP contribution in [0.2, 0.25) is 0 Å². The molecule has 107 heavy (non-hydrogen) atoms. The SMILES string of the molecule is CSCC[C@H](NC(=O)[C@H](C)NC(=O)[C@@H](NC(=O)[C@@H](NC(=O)[C@H](CC(C)C)NC(=O)[C@@H]1CCCN1C(=O)[C@H](C)NC(=O)[C@H](C)NC(=O)[C@@H](N)CO)C(C)C)[C@@H](C)O)C(=O)N[C@@H](CS)C(=O)N[C@@H](CCCN=C(N)N)C(=O)N[C@@H](CO)C(=O)NCC(=O)N[C@@H](CC(N)=O)C(=O)N[C@H](C(=O)N[C@@H](CO)C(=O)O)C(C)C. The molecule has 0 aliphatic carbocycles. The number of nitrogens with zero attached hydrogens (tertiary/aromatic N) is 2. The molecule has 1 rings (SSSR count). The van der Waals surface area contributed by atoms with Crippen LogP contribution in [-0.4, -0.2) is 291 Å². The molecule has 1 fully saturated rings. The molecule has 16 amide bonds. The van der Waals surface area contributed by atoms with E-state index in [1.165, 1.54) is 51.3 Å². The third kappa shape index (κ3) is 33.6. The summed E-state index contributed by atoms with van der Waals surface area (Å²) in [6, 6.07) is -22.0. The predicted molar refractivity (Wildman–Crippen MR) is 388 cm³/mol. The number of hydrogen-bond donors (Lipinski definition) is 24. The van der Waals surface area contributed by atoms with Crippen LogP contribution in [0.3, 0.4) is 0 Å².